The number of nitrogens with one attached hydrogen (secondary N) is 1. The van der Waals surface area contributed by atoms with Gasteiger partial charge >= 0.3 is 5.76 Å². The minimum atomic E-state index is -0.432. The summed E-state index contributed by atoms with van der Waals surface area (Å²) in [6.07, 6.45) is 3.84. The molecule has 0 radical (unpaired) electrons. The van der Waals surface area contributed by atoms with E-state index < -0.39 is 5.76 Å². The van der Waals surface area contributed by atoms with E-state index >= 15 is 0 Å². The summed E-state index contributed by atoms with van der Waals surface area (Å²) < 4.78 is 8.43. The normalized spacial score (nSPS) is 10.9. The number of hydrogen-bond acceptors (Lipinski definition) is 3. The smallest absolute Gasteiger partial charge is 0.408 e. The minimum Gasteiger partial charge on any atom is -0.408 e. The number of rotatable bonds is 3. The molecule has 2 aromatic carbocycles. The molecule has 0 fully saturated rings. The lowest BCUT2D eigenvalue weighted by molar-refractivity contribution is 0.102. The zero-order valence-electron chi connectivity index (χ0n) is 13.5. The first-order chi connectivity index (χ1) is 12.1. The van der Waals surface area contributed by atoms with E-state index in [2.05, 4.69) is 5.32 Å². The van der Waals surface area contributed by atoms with Crippen molar-refractivity contribution in [2.24, 2.45) is 7.05 Å². The lowest BCUT2D eigenvalue weighted by Crippen LogP contribution is -2.12. The second-order valence-corrected chi connectivity index (χ2v) is 5.70. The van der Waals surface area contributed by atoms with Gasteiger partial charge in [-0.15, -0.1) is 0 Å². The Kier molecular flexibility index (Phi) is 3.50. The largest absolute Gasteiger partial charge is 0.419 e. The Balaban J connectivity index is 1.63. The molecular weight excluding hydrogens is 318 g/mol. The fourth-order valence-electron chi connectivity index (χ4n) is 2.72. The van der Waals surface area contributed by atoms with Crippen molar-refractivity contribution in [1.29, 1.82) is 0 Å². The van der Waals surface area contributed by atoms with E-state index in [1.807, 2.05) is 47.3 Å². The molecule has 25 heavy (non-hydrogen) atoms. The highest BCUT2D eigenvalue weighted by Gasteiger charge is 2.10. The Hall–Kier alpha value is -3.54. The van der Waals surface area contributed by atoms with E-state index in [-0.39, 0.29) is 5.91 Å². The van der Waals surface area contributed by atoms with Crippen molar-refractivity contribution in [1.82, 2.24) is 9.13 Å². The molecule has 1 N–H and O–H groups in total. The first-order valence-corrected chi connectivity index (χ1v) is 7.76. The molecule has 1 amide bonds. The molecule has 0 saturated heterocycles. The van der Waals surface area contributed by atoms with E-state index in [9.17, 15) is 9.59 Å². The van der Waals surface area contributed by atoms with Crippen LogP contribution in [0, 0.1) is 0 Å². The first kappa shape index (κ1) is 15.0. The van der Waals surface area contributed by atoms with Gasteiger partial charge in [-0.05, 0) is 48.5 Å². The number of fused-ring (bicyclic) bond motifs is 1. The number of amides is 1. The number of benzene rings is 2. The number of hydrogen-bond donors (Lipinski definition) is 1. The molecule has 0 spiro atoms. The second kappa shape index (κ2) is 5.83. The van der Waals surface area contributed by atoms with Crippen LogP contribution >= 0.6 is 0 Å². The Labute approximate surface area is 142 Å². The summed E-state index contributed by atoms with van der Waals surface area (Å²) >= 11 is 0. The SMILES string of the molecule is Cn1c(=O)oc2ccc(NC(=O)c3cccc(-n4cccc4)c3)cc21. The molecule has 0 aliphatic rings. The summed E-state index contributed by atoms with van der Waals surface area (Å²) in [5.41, 5.74) is 3.17. The van der Waals surface area contributed by atoms with Crippen LogP contribution in [0.25, 0.3) is 16.8 Å². The van der Waals surface area contributed by atoms with E-state index in [0.717, 1.165) is 5.69 Å². The maximum atomic E-state index is 12.5. The highest BCUT2D eigenvalue weighted by molar-refractivity contribution is 6.05. The standard InChI is InChI=1S/C19H15N3O3/c1-21-16-12-14(7-8-17(16)25-19(21)24)20-18(23)13-5-4-6-15(11-13)22-9-2-3-10-22/h2-12H,1H3,(H,20,23). The van der Waals surface area contributed by atoms with Crippen LogP contribution < -0.4 is 11.1 Å². The number of aryl methyl sites for hydroxylation is 1. The van der Waals surface area contributed by atoms with Crippen LogP contribution in [0.2, 0.25) is 0 Å². The van der Waals surface area contributed by atoms with Crippen LogP contribution in [0.15, 0.2) is 76.2 Å². The minimum absolute atomic E-state index is 0.221. The van der Waals surface area contributed by atoms with Gasteiger partial charge in [0.1, 0.15) is 0 Å². The van der Waals surface area contributed by atoms with Crippen molar-refractivity contribution in [2.75, 3.05) is 5.32 Å². The Morgan fingerprint density at radius 2 is 1.84 bits per heavy atom. The third-order valence-corrected chi connectivity index (χ3v) is 4.06. The van der Waals surface area contributed by atoms with Gasteiger partial charge in [-0.3, -0.25) is 9.36 Å². The Morgan fingerprint density at radius 1 is 1.04 bits per heavy atom. The third kappa shape index (κ3) is 2.74. The van der Waals surface area contributed by atoms with Gasteiger partial charge in [-0.1, -0.05) is 6.07 Å². The van der Waals surface area contributed by atoms with Gasteiger partial charge in [-0.2, -0.15) is 0 Å². The summed E-state index contributed by atoms with van der Waals surface area (Å²) in [5, 5.41) is 2.85. The highest BCUT2D eigenvalue weighted by atomic mass is 16.4. The van der Waals surface area contributed by atoms with Crippen LogP contribution in [0.5, 0.6) is 0 Å². The molecule has 0 aliphatic heterocycles. The summed E-state index contributed by atoms with van der Waals surface area (Å²) in [4.78, 5) is 24.1. The molecule has 0 atom stereocenters. The number of aromatic nitrogens is 2. The van der Waals surface area contributed by atoms with Gasteiger partial charge in [0, 0.05) is 36.4 Å². The average molecular weight is 333 g/mol. The van der Waals surface area contributed by atoms with E-state index in [1.54, 1.807) is 31.3 Å². The lowest BCUT2D eigenvalue weighted by Gasteiger charge is -2.08. The molecule has 4 rings (SSSR count). The van der Waals surface area contributed by atoms with Crippen molar-refractivity contribution in [2.45, 2.75) is 0 Å². The second-order valence-electron chi connectivity index (χ2n) is 5.70. The molecule has 6 heteroatoms. The Bertz CT molecular complexity index is 1120. The van der Waals surface area contributed by atoms with Gasteiger partial charge in [0.15, 0.2) is 5.58 Å². The van der Waals surface area contributed by atoms with Crippen molar-refractivity contribution >= 4 is 22.7 Å². The van der Waals surface area contributed by atoms with E-state index in [4.69, 9.17) is 4.42 Å². The molecule has 6 nitrogen and oxygen atoms in total. The highest BCUT2D eigenvalue weighted by Crippen LogP contribution is 2.19. The van der Waals surface area contributed by atoms with E-state index in [0.29, 0.717) is 22.4 Å². The number of carbonyl (C=O) groups is 1. The molecule has 0 aliphatic carbocycles. The number of anilines is 1. The zero-order valence-corrected chi connectivity index (χ0v) is 13.5. The summed E-state index contributed by atoms with van der Waals surface area (Å²) in [7, 11) is 1.63. The molecule has 2 aromatic heterocycles. The van der Waals surface area contributed by atoms with Crippen LogP contribution in [-0.2, 0) is 7.05 Å². The lowest BCUT2D eigenvalue weighted by atomic mass is 10.1. The van der Waals surface area contributed by atoms with Crippen molar-refractivity contribution in [3.05, 3.63) is 83.1 Å². The molecule has 2 heterocycles. The molecule has 124 valence electrons. The summed E-state index contributed by atoms with van der Waals surface area (Å²) in [6.45, 7) is 0. The summed E-state index contributed by atoms with van der Waals surface area (Å²) in [5.74, 6) is -0.653. The van der Waals surface area contributed by atoms with Crippen LogP contribution in [0.3, 0.4) is 0 Å². The number of carbonyl (C=O) groups excluding carboxylic acids is 1. The van der Waals surface area contributed by atoms with Crippen molar-refractivity contribution in [3.63, 3.8) is 0 Å². The zero-order chi connectivity index (χ0) is 17.4. The topological polar surface area (TPSA) is 69.2 Å². The maximum absolute atomic E-state index is 12.5. The maximum Gasteiger partial charge on any atom is 0.419 e. The fraction of sp³-hybridized carbons (Fsp3) is 0.0526. The predicted molar refractivity (Wildman–Crippen MR) is 95.2 cm³/mol. The van der Waals surface area contributed by atoms with Crippen molar-refractivity contribution < 1.29 is 9.21 Å². The van der Waals surface area contributed by atoms with Gasteiger partial charge < -0.3 is 14.3 Å². The monoisotopic (exact) mass is 333 g/mol. The fourth-order valence-corrected chi connectivity index (χ4v) is 2.72. The third-order valence-electron chi connectivity index (χ3n) is 4.06. The van der Waals surface area contributed by atoms with Crippen LogP contribution in [-0.4, -0.2) is 15.0 Å². The molecule has 4 aromatic rings. The molecule has 0 saturated carbocycles. The van der Waals surface area contributed by atoms with Gasteiger partial charge in [0.05, 0.1) is 5.52 Å². The number of oxazole rings is 1. The predicted octanol–water partition coefficient (Wildman–Crippen LogP) is 3.17. The average Bonchev–Trinajstić information content (AvgIpc) is 3.25. The number of nitrogens with zero attached hydrogens (tertiary/aromatic N) is 2. The van der Waals surface area contributed by atoms with Gasteiger partial charge in [-0.25, -0.2) is 4.79 Å². The quantitative estimate of drug-likeness (QED) is 0.626. The first-order valence-electron chi connectivity index (χ1n) is 7.76. The Morgan fingerprint density at radius 3 is 2.64 bits per heavy atom. The van der Waals surface area contributed by atoms with E-state index in [1.165, 1.54) is 4.57 Å². The van der Waals surface area contributed by atoms with Gasteiger partial charge in [0.25, 0.3) is 5.91 Å². The molecular formula is C19H15N3O3. The van der Waals surface area contributed by atoms with Crippen LogP contribution in [0.1, 0.15) is 10.4 Å². The molecule has 0 bridgehead atoms. The summed E-state index contributed by atoms with van der Waals surface area (Å²) in [6, 6.07) is 16.3. The van der Waals surface area contributed by atoms with Crippen LogP contribution in [0.4, 0.5) is 5.69 Å². The van der Waals surface area contributed by atoms with Crippen molar-refractivity contribution in [3.8, 4) is 5.69 Å². The van der Waals surface area contributed by atoms with Gasteiger partial charge in [0.2, 0.25) is 0 Å². The molecule has 0 unspecified atom stereocenters.